The van der Waals surface area contributed by atoms with Crippen molar-refractivity contribution in [1.29, 1.82) is 0 Å². The first-order valence-corrected chi connectivity index (χ1v) is 5.90. The predicted octanol–water partition coefficient (Wildman–Crippen LogP) is 3.47. The number of hydrogen-bond donors (Lipinski definition) is 2. The Hall–Kier alpha value is -2.20. The third-order valence-electron chi connectivity index (χ3n) is 2.45. The van der Waals surface area contributed by atoms with Gasteiger partial charge in [-0.05, 0) is 24.3 Å². The maximum absolute atomic E-state index is 10.7. The molecule has 0 radical (unpaired) electrons. The highest BCUT2D eigenvalue weighted by Gasteiger charge is 2.11. The van der Waals surface area contributed by atoms with E-state index in [1.54, 1.807) is 36.4 Å². The second-order valence-corrected chi connectivity index (χ2v) is 4.33. The standard InChI is InChI=1S/C14H11ClO4/c15-10-4-2-5-11(8-10)19-12-6-1-3-9(14(12)18)7-13(16)17/h1-6,8,18H,7H2,(H,16,17). The minimum Gasteiger partial charge on any atom is -0.504 e. The van der Waals surface area contributed by atoms with Crippen LogP contribution in [-0.4, -0.2) is 16.2 Å². The minimum atomic E-state index is -1.02. The van der Waals surface area contributed by atoms with Crippen LogP contribution in [0.25, 0.3) is 0 Å². The van der Waals surface area contributed by atoms with Gasteiger partial charge in [0, 0.05) is 10.6 Å². The Morgan fingerprint density at radius 2 is 1.95 bits per heavy atom. The van der Waals surface area contributed by atoms with Gasteiger partial charge in [0.05, 0.1) is 6.42 Å². The molecule has 0 saturated carbocycles. The van der Waals surface area contributed by atoms with Crippen LogP contribution in [0.5, 0.6) is 17.2 Å². The predicted molar refractivity (Wildman–Crippen MR) is 71.0 cm³/mol. The number of aliphatic carboxylic acids is 1. The van der Waals surface area contributed by atoms with Crippen LogP contribution >= 0.6 is 11.6 Å². The number of aromatic hydroxyl groups is 1. The van der Waals surface area contributed by atoms with E-state index in [1.807, 2.05) is 0 Å². The monoisotopic (exact) mass is 278 g/mol. The molecule has 4 nitrogen and oxygen atoms in total. The minimum absolute atomic E-state index is 0.176. The van der Waals surface area contributed by atoms with Gasteiger partial charge < -0.3 is 14.9 Å². The van der Waals surface area contributed by atoms with Crippen LogP contribution in [0, 0.1) is 0 Å². The first kappa shape index (κ1) is 13.2. The quantitative estimate of drug-likeness (QED) is 0.899. The van der Waals surface area contributed by atoms with E-state index in [2.05, 4.69) is 0 Å². The van der Waals surface area contributed by atoms with Crippen LogP contribution in [0.3, 0.4) is 0 Å². The number of rotatable bonds is 4. The molecule has 0 aliphatic heterocycles. The van der Waals surface area contributed by atoms with Crippen LogP contribution in [0.2, 0.25) is 5.02 Å². The van der Waals surface area contributed by atoms with Gasteiger partial charge in [0.25, 0.3) is 0 Å². The fourth-order valence-electron chi connectivity index (χ4n) is 1.61. The number of carboxylic acids is 1. The lowest BCUT2D eigenvalue weighted by Crippen LogP contribution is -2.00. The van der Waals surface area contributed by atoms with Crippen molar-refractivity contribution in [3.05, 3.63) is 53.1 Å². The fourth-order valence-corrected chi connectivity index (χ4v) is 1.79. The van der Waals surface area contributed by atoms with E-state index >= 15 is 0 Å². The van der Waals surface area contributed by atoms with Crippen LogP contribution < -0.4 is 4.74 Å². The molecular formula is C14H11ClO4. The summed E-state index contributed by atoms with van der Waals surface area (Å²) in [7, 11) is 0. The van der Waals surface area contributed by atoms with Crippen molar-refractivity contribution in [2.45, 2.75) is 6.42 Å². The van der Waals surface area contributed by atoms with Crippen molar-refractivity contribution in [2.75, 3.05) is 0 Å². The van der Waals surface area contributed by atoms with Gasteiger partial charge >= 0.3 is 5.97 Å². The van der Waals surface area contributed by atoms with Crippen molar-refractivity contribution in [3.8, 4) is 17.2 Å². The Morgan fingerprint density at radius 3 is 2.63 bits per heavy atom. The Bertz CT molecular complexity index is 610. The first-order valence-electron chi connectivity index (χ1n) is 5.52. The topological polar surface area (TPSA) is 66.8 Å². The molecule has 0 fully saturated rings. The number of hydrogen-bond acceptors (Lipinski definition) is 3. The van der Waals surface area contributed by atoms with Crippen LogP contribution in [0.15, 0.2) is 42.5 Å². The highest BCUT2D eigenvalue weighted by molar-refractivity contribution is 6.30. The van der Waals surface area contributed by atoms with Gasteiger partial charge in [-0.1, -0.05) is 29.8 Å². The number of carboxylic acid groups (broad SMARTS) is 1. The third-order valence-corrected chi connectivity index (χ3v) is 2.68. The zero-order valence-electron chi connectivity index (χ0n) is 9.84. The van der Waals surface area contributed by atoms with E-state index in [0.717, 1.165) is 0 Å². The summed E-state index contributed by atoms with van der Waals surface area (Å²) in [4.78, 5) is 10.7. The molecule has 0 saturated heterocycles. The largest absolute Gasteiger partial charge is 0.504 e. The van der Waals surface area contributed by atoms with E-state index in [9.17, 15) is 9.90 Å². The number of carbonyl (C=O) groups is 1. The molecule has 0 heterocycles. The normalized spacial score (nSPS) is 10.2. The number of phenolic OH excluding ortho intramolecular Hbond substituents is 1. The second-order valence-electron chi connectivity index (χ2n) is 3.89. The molecule has 0 spiro atoms. The van der Waals surface area contributed by atoms with Gasteiger partial charge in [-0.25, -0.2) is 0 Å². The van der Waals surface area contributed by atoms with Crippen molar-refractivity contribution in [1.82, 2.24) is 0 Å². The summed E-state index contributed by atoms with van der Waals surface area (Å²) in [5.41, 5.74) is 0.298. The van der Waals surface area contributed by atoms with Crippen LogP contribution in [-0.2, 0) is 11.2 Å². The molecule has 0 aliphatic rings. The molecule has 2 rings (SSSR count). The Morgan fingerprint density at radius 1 is 1.21 bits per heavy atom. The first-order chi connectivity index (χ1) is 9.06. The Balaban J connectivity index is 2.28. The molecule has 98 valence electrons. The highest BCUT2D eigenvalue weighted by atomic mass is 35.5. The SMILES string of the molecule is O=C(O)Cc1cccc(Oc2cccc(Cl)c2)c1O. The lowest BCUT2D eigenvalue weighted by atomic mass is 10.1. The summed E-state index contributed by atoms with van der Waals surface area (Å²) >= 11 is 5.83. The molecule has 0 atom stereocenters. The number of benzene rings is 2. The van der Waals surface area contributed by atoms with Crippen LogP contribution in [0.1, 0.15) is 5.56 Å². The summed E-state index contributed by atoms with van der Waals surface area (Å²) < 4.78 is 5.48. The zero-order chi connectivity index (χ0) is 13.8. The van der Waals surface area contributed by atoms with Crippen molar-refractivity contribution >= 4 is 17.6 Å². The van der Waals surface area contributed by atoms with E-state index in [0.29, 0.717) is 16.3 Å². The van der Waals surface area contributed by atoms with E-state index in [-0.39, 0.29) is 17.9 Å². The Labute approximate surface area is 114 Å². The summed E-state index contributed by atoms with van der Waals surface area (Å²) in [6, 6.07) is 11.4. The molecule has 0 unspecified atom stereocenters. The van der Waals surface area contributed by atoms with E-state index in [1.165, 1.54) is 6.07 Å². The smallest absolute Gasteiger partial charge is 0.307 e. The summed E-state index contributed by atoms with van der Waals surface area (Å²) in [5.74, 6) is -0.531. The molecule has 2 aromatic carbocycles. The summed E-state index contributed by atoms with van der Waals surface area (Å²) in [6.45, 7) is 0. The lowest BCUT2D eigenvalue weighted by Gasteiger charge is -2.10. The zero-order valence-corrected chi connectivity index (χ0v) is 10.6. The molecule has 0 amide bonds. The van der Waals surface area contributed by atoms with E-state index in [4.69, 9.17) is 21.4 Å². The number of ether oxygens (including phenoxy) is 1. The van der Waals surface area contributed by atoms with Crippen molar-refractivity contribution in [3.63, 3.8) is 0 Å². The molecule has 0 aromatic heterocycles. The Kier molecular flexibility index (Phi) is 3.92. The number of halogens is 1. The fraction of sp³-hybridized carbons (Fsp3) is 0.0714. The second kappa shape index (κ2) is 5.63. The highest BCUT2D eigenvalue weighted by Crippen LogP contribution is 2.34. The van der Waals surface area contributed by atoms with Crippen molar-refractivity contribution in [2.24, 2.45) is 0 Å². The molecule has 5 heteroatoms. The maximum Gasteiger partial charge on any atom is 0.307 e. The number of para-hydroxylation sites is 1. The summed E-state index contributed by atoms with van der Waals surface area (Å²) in [6.07, 6.45) is -0.265. The summed E-state index contributed by atoms with van der Waals surface area (Å²) in [5, 5.41) is 19.2. The molecule has 19 heavy (non-hydrogen) atoms. The third kappa shape index (κ3) is 3.39. The maximum atomic E-state index is 10.7. The van der Waals surface area contributed by atoms with Gasteiger partial charge in [0.1, 0.15) is 5.75 Å². The molecule has 0 bridgehead atoms. The van der Waals surface area contributed by atoms with Gasteiger partial charge in [-0.15, -0.1) is 0 Å². The molecule has 0 aliphatic carbocycles. The lowest BCUT2D eigenvalue weighted by molar-refractivity contribution is -0.136. The van der Waals surface area contributed by atoms with Crippen LogP contribution in [0.4, 0.5) is 0 Å². The average molecular weight is 279 g/mol. The average Bonchev–Trinajstić information content (AvgIpc) is 2.34. The van der Waals surface area contributed by atoms with Gasteiger partial charge in [-0.3, -0.25) is 4.79 Å². The van der Waals surface area contributed by atoms with Gasteiger partial charge in [0.15, 0.2) is 11.5 Å². The van der Waals surface area contributed by atoms with Crippen molar-refractivity contribution < 1.29 is 19.7 Å². The molecular weight excluding hydrogens is 268 g/mol. The molecule has 2 N–H and O–H groups in total. The van der Waals surface area contributed by atoms with Gasteiger partial charge in [0.2, 0.25) is 0 Å². The molecule has 2 aromatic rings. The van der Waals surface area contributed by atoms with E-state index < -0.39 is 5.97 Å². The number of phenols is 1. The van der Waals surface area contributed by atoms with Gasteiger partial charge in [-0.2, -0.15) is 0 Å².